The predicted molar refractivity (Wildman–Crippen MR) is 103 cm³/mol. The molecule has 2 aliphatic carbocycles. The summed E-state index contributed by atoms with van der Waals surface area (Å²) >= 11 is 0. The Hall–Kier alpha value is -1.10. The zero-order valence-electron chi connectivity index (χ0n) is 16.2. The lowest BCUT2D eigenvalue weighted by atomic mass is 9.52. The summed E-state index contributed by atoms with van der Waals surface area (Å²) in [5.74, 6) is 1.84. The highest BCUT2D eigenvalue weighted by atomic mass is 16.5. The van der Waals surface area contributed by atoms with Crippen molar-refractivity contribution in [1.29, 1.82) is 0 Å². The van der Waals surface area contributed by atoms with Gasteiger partial charge in [-0.1, -0.05) is 6.07 Å². The van der Waals surface area contributed by atoms with Crippen molar-refractivity contribution in [2.24, 2.45) is 5.92 Å². The minimum atomic E-state index is -0.628. The molecule has 4 heteroatoms. The van der Waals surface area contributed by atoms with Crippen LogP contribution in [0.25, 0.3) is 0 Å². The minimum Gasteiger partial charge on any atom is -0.496 e. The molecule has 1 saturated carbocycles. The first-order valence-corrected chi connectivity index (χ1v) is 10.4. The van der Waals surface area contributed by atoms with E-state index in [4.69, 9.17) is 4.74 Å². The molecule has 0 aromatic heterocycles. The monoisotopic (exact) mass is 356 g/mol. The van der Waals surface area contributed by atoms with Crippen molar-refractivity contribution in [1.82, 2.24) is 10.2 Å². The first-order chi connectivity index (χ1) is 12.6. The number of hydrogen-bond acceptors (Lipinski definition) is 4. The van der Waals surface area contributed by atoms with Crippen LogP contribution in [-0.2, 0) is 11.8 Å². The van der Waals surface area contributed by atoms with E-state index in [1.54, 1.807) is 7.11 Å². The lowest BCUT2D eigenvalue weighted by Crippen LogP contribution is -2.71. The minimum absolute atomic E-state index is 0.129. The number of likely N-dealkylation sites (tertiary alicyclic amines) is 1. The Kier molecular flexibility index (Phi) is 3.90. The first-order valence-electron chi connectivity index (χ1n) is 10.4. The highest BCUT2D eigenvalue weighted by Gasteiger charge is 2.62. The highest BCUT2D eigenvalue weighted by Crippen LogP contribution is 2.56. The van der Waals surface area contributed by atoms with Gasteiger partial charge in [0.05, 0.1) is 12.7 Å². The summed E-state index contributed by atoms with van der Waals surface area (Å²) in [6, 6.07) is 4.85. The molecule has 0 spiro atoms. The molecule has 1 aromatic carbocycles. The van der Waals surface area contributed by atoms with E-state index in [0.717, 1.165) is 57.0 Å². The molecule has 2 N–H and O–H groups in total. The molecule has 3 atom stereocenters. The fourth-order valence-electron chi connectivity index (χ4n) is 6.22. The van der Waals surface area contributed by atoms with Gasteiger partial charge in [0.2, 0.25) is 0 Å². The summed E-state index contributed by atoms with van der Waals surface area (Å²) in [5, 5.41) is 15.8. The average Bonchev–Trinajstić information content (AvgIpc) is 3.44. The molecule has 0 radical (unpaired) electrons. The van der Waals surface area contributed by atoms with Crippen LogP contribution in [0.1, 0.15) is 48.8 Å². The van der Waals surface area contributed by atoms with E-state index >= 15 is 0 Å². The quantitative estimate of drug-likeness (QED) is 0.873. The molecular formula is C22H32N2O2. The van der Waals surface area contributed by atoms with E-state index in [2.05, 4.69) is 29.3 Å². The zero-order valence-corrected chi connectivity index (χ0v) is 16.2. The van der Waals surface area contributed by atoms with Gasteiger partial charge in [0.15, 0.2) is 0 Å². The van der Waals surface area contributed by atoms with Gasteiger partial charge in [0.1, 0.15) is 5.75 Å². The largest absolute Gasteiger partial charge is 0.496 e. The highest BCUT2D eigenvalue weighted by molar-refractivity contribution is 5.51. The van der Waals surface area contributed by atoms with Crippen LogP contribution in [0.5, 0.6) is 5.75 Å². The first kappa shape index (κ1) is 17.0. The van der Waals surface area contributed by atoms with Crippen LogP contribution >= 0.6 is 0 Å². The summed E-state index contributed by atoms with van der Waals surface area (Å²) < 4.78 is 5.66. The van der Waals surface area contributed by atoms with Crippen LogP contribution in [0.3, 0.4) is 0 Å². The van der Waals surface area contributed by atoms with Crippen molar-refractivity contribution in [3.63, 3.8) is 0 Å². The van der Waals surface area contributed by atoms with Crippen LogP contribution in [0.4, 0.5) is 0 Å². The van der Waals surface area contributed by atoms with Crippen LogP contribution in [-0.4, -0.2) is 54.9 Å². The van der Waals surface area contributed by atoms with E-state index in [0.29, 0.717) is 0 Å². The average molecular weight is 357 g/mol. The van der Waals surface area contributed by atoms with Gasteiger partial charge < -0.3 is 15.2 Å². The lowest BCUT2D eigenvalue weighted by molar-refractivity contribution is -0.149. The van der Waals surface area contributed by atoms with Crippen LogP contribution < -0.4 is 10.1 Å². The van der Waals surface area contributed by atoms with Gasteiger partial charge in [-0.25, -0.2) is 0 Å². The second-order valence-corrected chi connectivity index (χ2v) is 9.14. The Morgan fingerprint density at radius 3 is 2.81 bits per heavy atom. The topological polar surface area (TPSA) is 44.7 Å². The number of nitrogens with one attached hydrogen (secondary N) is 1. The predicted octanol–water partition coefficient (Wildman–Crippen LogP) is 2.40. The number of benzene rings is 1. The van der Waals surface area contributed by atoms with Gasteiger partial charge in [-0.05, 0) is 93.8 Å². The van der Waals surface area contributed by atoms with Crippen molar-refractivity contribution in [2.75, 3.05) is 33.3 Å². The summed E-state index contributed by atoms with van der Waals surface area (Å²) in [7, 11) is 1.76. The fraction of sp³-hybridized carbons (Fsp3) is 0.727. The number of fused-ring (bicyclic) bond motifs is 1. The molecule has 142 valence electrons. The SMILES string of the molecule is COc1cc2c(cc1C)C[C@H]1N(CC3CC3)CC[C@@]23CCNCC[C@@]13O. The van der Waals surface area contributed by atoms with Gasteiger partial charge in [-0.2, -0.15) is 0 Å². The summed E-state index contributed by atoms with van der Waals surface area (Å²) in [5.41, 5.74) is 3.27. The van der Waals surface area contributed by atoms with Gasteiger partial charge >= 0.3 is 0 Å². The van der Waals surface area contributed by atoms with Gasteiger partial charge in [-0.15, -0.1) is 0 Å². The summed E-state index contributed by atoms with van der Waals surface area (Å²) in [6.45, 7) is 6.36. The van der Waals surface area contributed by atoms with E-state index in [-0.39, 0.29) is 11.5 Å². The second-order valence-electron chi connectivity index (χ2n) is 9.14. The van der Waals surface area contributed by atoms with Crippen molar-refractivity contribution < 1.29 is 9.84 Å². The van der Waals surface area contributed by atoms with E-state index < -0.39 is 5.60 Å². The maximum Gasteiger partial charge on any atom is 0.122 e. The number of methoxy groups -OCH3 is 1. The van der Waals surface area contributed by atoms with E-state index in [9.17, 15) is 5.11 Å². The Morgan fingerprint density at radius 2 is 2.04 bits per heavy atom. The Balaban J connectivity index is 1.66. The van der Waals surface area contributed by atoms with Gasteiger partial charge in [0, 0.05) is 18.0 Å². The molecule has 2 heterocycles. The summed E-state index contributed by atoms with van der Waals surface area (Å²) in [6.07, 6.45) is 6.67. The Labute approximate surface area is 156 Å². The van der Waals surface area contributed by atoms with Crippen molar-refractivity contribution in [3.8, 4) is 5.75 Å². The molecule has 3 fully saturated rings. The van der Waals surface area contributed by atoms with Gasteiger partial charge in [-0.3, -0.25) is 4.90 Å². The summed E-state index contributed by atoms with van der Waals surface area (Å²) in [4.78, 5) is 2.64. The molecule has 2 saturated heterocycles. The number of aliphatic hydroxyl groups is 1. The number of nitrogens with zero attached hydrogens (tertiary/aromatic N) is 1. The van der Waals surface area contributed by atoms with E-state index in [1.807, 2.05) is 0 Å². The third-order valence-corrected chi connectivity index (χ3v) is 7.80. The van der Waals surface area contributed by atoms with Crippen LogP contribution in [0.15, 0.2) is 12.1 Å². The maximum atomic E-state index is 12.2. The van der Waals surface area contributed by atoms with Crippen molar-refractivity contribution in [3.05, 3.63) is 28.8 Å². The molecule has 5 rings (SSSR count). The molecule has 4 nitrogen and oxygen atoms in total. The standard InChI is InChI=1S/C22H32N2O2/c1-15-11-17-12-20-22(25)6-9-23-8-5-21(22,18(17)13-19(15)26-2)7-10-24(20)14-16-3-4-16/h11,13,16,20,23,25H,3-10,12,14H2,1-2H3/t20-,21+,22-/m1/s1. The zero-order chi connectivity index (χ0) is 17.9. The maximum absolute atomic E-state index is 12.2. The molecular weight excluding hydrogens is 324 g/mol. The number of hydrogen-bond donors (Lipinski definition) is 2. The van der Waals surface area contributed by atoms with E-state index in [1.165, 1.54) is 36.1 Å². The molecule has 0 amide bonds. The molecule has 2 aliphatic heterocycles. The third-order valence-electron chi connectivity index (χ3n) is 7.80. The normalized spacial score (nSPS) is 36.8. The third kappa shape index (κ3) is 2.31. The van der Waals surface area contributed by atoms with Crippen LogP contribution in [0, 0.1) is 12.8 Å². The second kappa shape index (κ2) is 5.95. The number of rotatable bonds is 3. The molecule has 26 heavy (non-hydrogen) atoms. The molecule has 1 aromatic rings. The van der Waals surface area contributed by atoms with Crippen molar-refractivity contribution >= 4 is 0 Å². The van der Waals surface area contributed by atoms with Gasteiger partial charge in [0.25, 0.3) is 0 Å². The molecule has 2 bridgehead atoms. The smallest absolute Gasteiger partial charge is 0.122 e. The molecule has 4 aliphatic rings. The lowest BCUT2D eigenvalue weighted by Gasteiger charge is -2.61. The fourth-order valence-corrected chi connectivity index (χ4v) is 6.22. The Bertz CT molecular complexity index is 716. The number of piperidine rings is 1. The van der Waals surface area contributed by atoms with Crippen LogP contribution in [0.2, 0.25) is 0 Å². The Morgan fingerprint density at radius 1 is 1.23 bits per heavy atom. The number of aryl methyl sites for hydroxylation is 1. The molecule has 0 unspecified atom stereocenters. The number of ether oxygens (including phenoxy) is 1. The van der Waals surface area contributed by atoms with Crippen molar-refractivity contribution in [2.45, 2.75) is 62.5 Å².